The summed E-state index contributed by atoms with van der Waals surface area (Å²) in [7, 11) is 0. The van der Waals surface area contributed by atoms with Crippen LogP contribution in [0.25, 0.3) is 0 Å². The monoisotopic (exact) mass is 472 g/mol. The molecule has 1 heterocycles. The first-order valence-electron chi connectivity index (χ1n) is 10.2. The maximum Gasteiger partial charge on any atom is 0.416 e. The van der Waals surface area contributed by atoms with Crippen molar-refractivity contribution in [1.29, 1.82) is 0 Å². The molecule has 2 aliphatic carbocycles. The van der Waals surface area contributed by atoms with Crippen molar-refractivity contribution in [1.82, 2.24) is 4.90 Å². The molecule has 0 unspecified atom stereocenters. The van der Waals surface area contributed by atoms with Crippen LogP contribution in [0, 0.1) is 23.7 Å². The van der Waals surface area contributed by atoms with Crippen LogP contribution in [0.5, 0.6) is 0 Å². The van der Waals surface area contributed by atoms with Crippen molar-refractivity contribution in [3.05, 3.63) is 28.8 Å². The number of ether oxygens (including phenoxy) is 1. The predicted molar refractivity (Wildman–Crippen MR) is 105 cm³/mol. The largest absolute Gasteiger partial charge is 0.454 e. The Labute approximate surface area is 186 Å². The fourth-order valence-electron chi connectivity index (χ4n) is 5.16. The van der Waals surface area contributed by atoms with Crippen LogP contribution < -0.4 is 5.32 Å². The molecule has 3 aliphatic rings. The minimum Gasteiger partial charge on any atom is -0.454 e. The number of hydrogen-bond donors (Lipinski definition) is 1. The molecule has 3 amide bonds. The first-order chi connectivity index (χ1) is 15.0. The van der Waals surface area contributed by atoms with E-state index in [0.717, 1.165) is 36.3 Å². The molecule has 172 valence electrons. The van der Waals surface area contributed by atoms with E-state index in [-0.39, 0.29) is 46.2 Å². The highest BCUT2D eigenvalue weighted by Gasteiger charge is 2.62. The number of hydrogen-bond acceptors (Lipinski definition) is 5. The normalized spacial score (nSPS) is 27.5. The summed E-state index contributed by atoms with van der Waals surface area (Å²) in [5, 5.41) is 2.04. The molecule has 4 rings (SSSR count). The van der Waals surface area contributed by atoms with E-state index >= 15 is 0 Å². The Morgan fingerprint density at radius 3 is 2.34 bits per heavy atom. The molecule has 2 bridgehead atoms. The van der Waals surface area contributed by atoms with Crippen molar-refractivity contribution < 1.29 is 37.1 Å². The van der Waals surface area contributed by atoms with Gasteiger partial charge in [0, 0.05) is 0 Å². The number of imide groups is 1. The SMILES string of the molecule is C[C@H](C(=O)OCC(=O)Nc1cc(C(F)(F)F)ccc1Cl)N1C(=O)[C@@H]2[C@H]3CC[C@@H](C3)[C@H]2C1=O. The molecular weight excluding hydrogens is 453 g/mol. The highest BCUT2D eigenvalue weighted by atomic mass is 35.5. The maximum atomic E-state index is 12.8. The molecule has 5 atom stereocenters. The molecule has 0 spiro atoms. The number of carbonyl (C=O) groups excluding carboxylic acids is 4. The van der Waals surface area contributed by atoms with Crippen LogP contribution in [-0.4, -0.2) is 41.2 Å². The number of rotatable bonds is 5. The van der Waals surface area contributed by atoms with Crippen molar-refractivity contribution in [2.45, 2.75) is 38.4 Å². The van der Waals surface area contributed by atoms with Crippen molar-refractivity contribution in [2.75, 3.05) is 11.9 Å². The second kappa shape index (κ2) is 8.06. The molecule has 0 radical (unpaired) electrons. The Balaban J connectivity index is 1.35. The summed E-state index contributed by atoms with van der Waals surface area (Å²) < 4.78 is 43.4. The summed E-state index contributed by atoms with van der Waals surface area (Å²) >= 11 is 5.83. The Morgan fingerprint density at radius 2 is 1.78 bits per heavy atom. The number of alkyl halides is 3. The molecule has 1 aromatic rings. The van der Waals surface area contributed by atoms with Gasteiger partial charge in [-0.2, -0.15) is 13.2 Å². The van der Waals surface area contributed by atoms with Gasteiger partial charge in [-0.1, -0.05) is 11.6 Å². The summed E-state index contributed by atoms with van der Waals surface area (Å²) in [4.78, 5) is 51.0. The second-order valence-electron chi connectivity index (χ2n) is 8.46. The molecule has 32 heavy (non-hydrogen) atoms. The smallest absolute Gasteiger partial charge is 0.416 e. The standard InChI is InChI=1S/C21H20ClF3N2O5/c1-9(27-18(29)16-10-2-3-11(6-10)17(16)19(27)30)20(31)32-8-15(28)26-14-7-12(21(23,24)25)4-5-13(14)22/h4-5,7,9-11,16-17H,2-3,6,8H2,1H3,(H,26,28)/t9-,10+,11+,16-,17-/m1/s1. The lowest BCUT2D eigenvalue weighted by molar-refractivity contribution is -0.159. The van der Waals surface area contributed by atoms with E-state index in [4.69, 9.17) is 16.3 Å². The molecule has 1 saturated heterocycles. The van der Waals surface area contributed by atoms with Crippen molar-refractivity contribution in [2.24, 2.45) is 23.7 Å². The van der Waals surface area contributed by atoms with Gasteiger partial charge in [-0.3, -0.25) is 19.3 Å². The van der Waals surface area contributed by atoms with Gasteiger partial charge in [-0.15, -0.1) is 0 Å². The molecule has 0 aromatic heterocycles. The van der Waals surface area contributed by atoms with Gasteiger partial charge >= 0.3 is 12.1 Å². The number of benzene rings is 1. The highest BCUT2D eigenvalue weighted by molar-refractivity contribution is 6.33. The average molecular weight is 473 g/mol. The number of nitrogens with one attached hydrogen (secondary N) is 1. The van der Waals surface area contributed by atoms with E-state index in [2.05, 4.69) is 5.32 Å². The van der Waals surface area contributed by atoms with Crippen LogP contribution in [0.15, 0.2) is 18.2 Å². The minimum atomic E-state index is -4.63. The quantitative estimate of drug-likeness (QED) is 0.524. The Bertz CT molecular complexity index is 970. The lowest BCUT2D eigenvalue weighted by Gasteiger charge is -2.23. The summed E-state index contributed by atoms with van der Waals surface area (Å²) in [6.07, 6.45) is -1.97. The number of fused-ring (bicyclic) bond motifs is 5. The number of anilines is 1. The topological polar surface area (TPSA) is 92.8 Å². The van der Waals surface area contributed by atoms with E-state index < -0.39 is 36.3 Å². The van der Waals surface area contributed by atoms with Crippen LogP contribution in [0.2, 0.25) is 5.02 Å². The zero-order chi connectivity index (χ0) is 23.4. The summed E-state index contributed by atoms with van der Waals surface area (Å²) in [5.74, 6) is -3.07. The van der Waals surface area contributed by atoms with Crippen LogP contribution >= 0.6 is 11.6 Å². The zero-order valence-corrected chi connectivity index (χ0v) is 17.7. The lowest BCUT2D eigenvalue weighted by Crippen LogP contribution is -2.45. The van der Waals surface area contributed by atoms with Gasteiger partial charge in [0.05, 0.1) is 28.1 Å². The van der Waals surface area contributed by atoms with Gasteiger partial charge in [0.25, 0.3) is 5.91 Å². The van der Waals surface area contributed by atoms with Gasteiger partial charge in [0.1, 0.15) is 6.04 Å². The van der Waals surface area contributed by atoms with E-state index in [9.17, 15) is 32.3 Å². The first kappa shape index (κ1) is 22.6. The van der Waals surface area contributed by atoms with Gasteiger partial charge < -0.3 is 10.1 Å². The molecule has 11 heteroatoms. The third-order valence-corrected chi connectivity index (χ3v) is 6.93. The number of likely N-dealkylation sites (tertiary alicyclic amines) is 1. The first-order valence-corrected chi connectivity index (χ1v) is 10.6. The molecule has 3 fully saturated rings. The number of esters is 1. The third kappa shape index (κ3) is 3.85. The summed E-state index contributed by atoms with van der Waals surface area (Å²) in [5.41, 5.74) is -1.29. The third-order valence-electron chi connectivity index (χ3n) is 6.60. The molecule has 1 N–H and O–H groups in total. The van der Waals surface area contributed by atoms with E-state index in [0.29, 0.717) is 6.07 Å². The van der Waals surface area contributed by atoms with Gasteiger partial charge in [-0.05, 0) is 56.2 Å². The van der Waals surface area contributed by atoms with Crippen LogP contribution in [0.3, 0.4) is 0 Å². The van der Waals surface area contributed by atoms with Gasteiger partial charge in [0.2, 0.25) is 11.8 Å². The average Bonchev–Trinajstić information content (AvgIpc) is 3.40. The van der Waals surface area contributed by atoms with E-state index in [1.54, 1.807) is 0 Å². The van der Waals surface area contributed by atoms with Gasteiger partial charge in [0.15, 0.2) is 6.61 Å². The molecule has 1 aromatic carbocycles. The minimum absolute atomic E-state index is 0.125. The Hall–Kier alpha value is -2.62. The lowest BCUT2D eigenvalue weighted by atomic mass is 9.81. The summed E-state index contributed by atoms with van der Waals surface area (Å²) in [6, 6.07) is 1.22. The number of amides is 3. The maximum absolute atomic E-state index is 12.8. The molecule has 2 saturated carbocycles. The number of nitrogens with zero attached hydrogens (tertiary/aromatic N) is 1. The molecule has 7 nitrogen and oxygen atoms in total. The van der Waals surface area contributed by atoms with Crippen LogP contribution in [0.1, 0.15) is 31.7 Å². The Kier molecular flexibility index (Phi) is 5.68. The summed E-state index contributed by atoms with van der Waals surface area (Å²) in [6.45, 7) is 0.534. The predicted octanol–water partition coefficient (Wildman–Crippen LogP) is 3.26. The number of carbonyl (C=O) groups is 4. The second-order valence-corrected chi connectivity index (χ2v) is 8.86. The number of halogens is 4. The zero-order valence-electron chi connectivity index (χ0n) is 16.9. The van der Waals surface area contributed by atoms with E-state index in [1.807, 2.05) is 0 Å². The van der Waals surface area contributed by atoms with Crippen molar-refractivity contribution >= 4 is 41.0 Å². The molecule has 1 aliphatic heterocycles. The molecular formula is C21H20ClF3N2O5. The Morgan fingerprint density at radius 1 is 1.19 bits per heavy atom. The van der Waals surface area contributed by atoms with E-state index in [1.165, 1.54) is 6.92 Å². The van der Waals surface area contributed by atoms with Gasteiger partial charge in [-0.25, -0.2) is 4.79 Å². The van der Waals surface area contributed by atoms with Crippen LogP contribution in [0.4, 0.5) is 18.9 Å². The fourth-order valence-corrected chi connectivity index (χ4v) is 5.32. The van der Waals surface area contributed by atoms with Crippen LogP contribution in [-0.2, 0) is 30.1 Å². The van der Waals surface area contributed by atoms with Crippen molar-refractivity contribution in [3.63, 3.8) is 0 Å². The highest BCUT2D eigenvalue weighted by Crippen LogP contribution is 2.56. The fraction of sp³-hybridized carbons (Fsp3) is 0.524. The van der Waals surface area contributed by atoms with Crippen molar-refractivity contribution in [3.8, 4) is 0 Å².